The maximum atomic E-state index is 13.4. The number of fused-ring (bicyclic) bond motifs is 1. The van der Waals surface area contributed by atoms with Crippen molar-refractivity contribution in [3.63, 3.8) is 0 Å². The second kappa shape index (κ2) is 16.7. The zero-order valence-corrected chi connectivity index (χ0v) is 34.6. The molecule has 17 heteroatoms. The predicted molar refractivity (Wildman–Crippen MR) is 227 cm³/mol. The fourth-order valence-corrected chi connectivity index (χ4v) is 10.0. The van der Waals surface area contributed by atoms with Gasteiger partial charge in [-0.25, -0.2) is 14.8 Å². The highest BCUT2D eigenvalue weighted by molar-refractivity contribution is 6.23. The zero-order valence-electron chi connectivity index (χ0n) is 34.6. The standard InChI is InChI=1S/C44H53N11O6/c1-50-21-22-54(44(50)61)32-3-2-16-53(26-32)36-24-46-38(39(45)57)40(48-36)47-30-6-4-28(5-7-30)29-14-17-51(18-15-29)25-27-12-19-52(20-13-27)31-8-9-33-34(23-31)43(60)55(42(33)59)35-10-11-37(56)49-41(35)58/h4-9,23-24,27,29,32,35H,2-3,10-22,25-26H2,1H3,(H2,45,57)(H,47,48)(H,49,56,58)/t32-,35?/m1/s1. The molecule has 61 heavy (non-hydrogen) atoms. The summed E-state index contributed by atoms with van der Waals surface area (Å²) in [4.78, 5) is 96.6. The van der Waals surface area contributed by atoms with Gasteiger partial charge in [0.2, 0.25) is 11.8 Å². The van der Waals surface area contributed by atoms with E-state index >= 15 is 0 Å². The van der Waals surface area contributed by atoms with Crippen LogP contribution in [-0.2, 0) is 9.59 Å². The number of nitrogens with zero attached hydrogens (tertiary/aromatic N) is 8. The summed E-state index contributed by atoms with van der Waals surface area (Å²) < 4.78 is 0. The summed E-state index contributed by atoms with van der Waals surface area (Å²) in [5.41, 5.74) is 9.38. The quantitative estimate of drug-likeness (QED) is 0.253. The highest BCUT2D eigenvalue weighted by Gasteiger charge is 2.45. The van der Waals surface area contributed by atoms with Crippen LogP contribution in [0, 0.1) is 5.92 Å². The fourth-order valence-electron chi connectivity index (χ4n) is 10.0. The molecule has 17 nitrogen and oxygen atoms in total. The molecule has 0 aliphatic carbocycles. The number of nitrogens with one attached hydrogen (secondary N) is 2. The van der Waals surface area contributed by atoms with Gasteiger partial charge in [0.15, 0.2) is 11.5 Å². The molecular formula is C44H53N11O6. The van der Waals surface area contributed by atoms with E-state index < -0.39 is 35.6 Å². The van der Waals surface area contributed by atoms with Crippen molar-refractivity contribution in [2.45, 2.75) is 69.4 Å². The van der Waals surface area contributed by atoms with E-state index in [4.69, 9.17) is 10.7 Å². The van der Waals surface area contributed by atoms with E-state index in [9.17, 15) is 28.8 Å². The Hall–Kier alpha value is -6.10. The van der Waals surface area contributed by atoms with E-state index in [1.165, 1.54) is 5.56 Å². The minimum absolute atomic E-state index is 0.0620. The molecule has 7 amide bonds. The molecule has 1 unspecified atom stereocenters. The number of hydrogen-bond donors (Lipinski definition) is 3. The lowest BCUT2D eigenvalue weighted by atomic mass is 9.88. The largest absolute Gasteiger partial charge is 0.371 e. The van der Waals surface area contributed by atoms with Crippen LogP contribution in [0.15, 0.2) is 48.7 Å². The first-order valence-corrected chi connectivity index (χ1v) is 21.6. The van der Waals surface area contributed by atoms with Gasteiger partial charge in [-0.05, 0) is 106 Å². The summed E-state index contributed by atoms with van der Waals surface area (Å²) in [5.74, 6) is -0.648. The van der Waals surface area contributed by atoms with Crippen LogP contribution in [0.3, 0.4) is 0 Å². The Morgan fingerprint density at radius 1 is 0.836 bits per heavy atom. The maximum Gasteiger partial charge on any atom is 0.320 e. The molecule has 2 aromatic carbocycles. The van der Waals surface area contributed by atoms with Crippen LogP contribution in [0.5, 0.6) is 0 Å². The Kier molecular flexibility index (Phi) is 11.1. The molecule has 6 aliphatic heterocycles. The number of rotatable bonds is 10. The summed E-state index contributed by atoms with van der Waals surface area (Å²) in [6.07, 6.45) is 7.88. The molecule has 5 saturated heterocycles. The Bertz CT molecular complexity index is 2240. The monoisotopic (exact) mass is 831 g/mol. The third-order valence-corrected chi connectivity index (χ3v) is 13.6. The zero-order chi connectivity index (χ0) is 42.4. The van der Waals surface area contributed by atoms with E-state index in [2.05, 4.69) is 42.5 Å². The normalized spacial score (nSPS) is 23.2. The predicted octanol–water partition coefficient (Wildman–Crippen LogP) is 3.15. The van der Waals surface area contributed by atoms with Crippen LogP contribution in [0.4, 0.5) is 27.8 Å². The van der Waals surface area contributed by atoms with Crippen molar-refractivity contribution < 1.29 is 28.8 Å². The Labute approximate surface area is 354 Å². The number of aromatic nitrogens is 2. The number of urea groups is 1. The van der Waals surface area contributed by atoms with Gasteiger partial charge in [-0.3, -0.25) is 34.2 Å². The van der Waals surface area contributed by atoms with Crippen molar-refractivity contribution in [3.8, 4) is 0 Å². The van der Waals surface area contributed by atoms with Gasteiger partial charge in [-0.15, -0.1) is 0 Å². The number of benzene rings is 2. The molecular weight excluding hydrogens is 779 g/mol. The SMILES string of the molecule is CN1CCN([C@@H]2CCCN(c3cnc(C(N)=O)c(Nc4ccc(C5CCN(CC6CCN(c7ccc8c(c7)C(=O)N(C7CCC(=O)NC7=O)C8=O)CC6)CC5)cc4)n3)C2)C1=O. The smallest absolute Gasteiger partial charge is 0.320 e. The van der Waals surface area contributed by atoms with Crippen molar-refractivity contribution in [1.29, 1.82) is 0 Å². The molecule has 1 aromatic heterocycles. The minimum Gasteiger partial charge on any atom is -0.371 e. The molecule has 9 rings (SSSR count). The number of primary amides is 1. The van der Waals surface area contributed by atoms with Gasteiger partial charge in [0.05, 0.1) is 23.4 Å². The van der Waals surface area contributed by atoms with Crippen LogP contribution in [0.1, 0.15) is 94.1 Å². The fraction of sp³-hybridized carbons (Fsp3) is 0.500. The number of nitrogens with two attached hydrogens (primary N) is 1. The van der Waals surface area contributed by atoms with Gasteiger partial charge < -0.3 is 35.6 Å². The van der Waals surface area contributed by atoms with E-state index in [1.54, 1.807) is 23.2 Å². The topological polar surface area (TPSA) is 198 Å². The molecule has 320 valence electrons. The molecule has 3 aromatic rings. The van der Waals surface area contributed by atoms with Crippen LogP contribution in [-0.4, -0.2) is 143 Å². The third kappa shape index (κ3) is 8.10. The molecule has 5 fully saturated rings. The van der Waals surface area contributed by atoms with Gasteiger partial charge in [0, 0.05) is 70.7 Å². The number of carbonyl (C=O) groups is 6. The molecule has 6 aliphatic rings. The van der Waals surface area contributed by atoms with Gasteiger partial charge >= 0.3 is 6.03 Å². The molecule has 0 saturated carbocycles. The van der Waals surface area contributed by atoms with Crippen LogP contribution < -0.4 is 26.2 Å². The minimum atomic E-state index is -0.972. The van der Waals surface area contributed by atoms with E-state index in [0.717, 1.165) is 107 Å². The summed E-state index contributed by atoms with van der Waals surface area (Å²) in [5, 5.41) is 5.55. The van der Waals surface area contributed by atoms with Crippen molar-refractivity contribution in [2.24, 2.45) is 11.7 Å². The molecule has 0 bridgehead atoms. The first kappa shape index (κ1) is 40.3. The second-order valence-corrected chi connectivity index (χ2v) is 17.4. The first-order valence-electron chi connectivity index (χ1n) is 21.6. The number of piperidine rings is 4. The first-order chi connectivity index (χ1) is 29.5. The van der Waals surface area contributed by atoms with Crippen LogP contribution in [0.2, 0.25) is 0 Å². The van der Waals surface area contributed by atoms with Crippen LogP contribution >= 0.6 is 0 Å². The number of likely N-dealkylation sites (tertiary alicyclic amines) is 1. The summed E-state index contributed by atoms with van der Waals surface area (Å²) in [7, 11) is 1.83. The highest BCUT2D eigenvalue weighted by atomic mass is 16.2. The number of hydrogen-bond acceptors (Lipinski definition) is 12. The van der Waals surface area contributed by atoms with E-state index in [1.807, 2.05) is 30.1 Å². The van der Waals surface area contributed by atoms with Gasteiger partial charge in [-0.1, -0.05) is 12.1 Å². The summed E-state index contributed by atoms with van der Waals surface area (Å²) in [6, 6.07) is 12.9. The lowest BCUT2D eigenvalue weighted by Crippen LogP contribution is -2.54. The number of amides is 7. The van der Waals surface area contributed by atoms with Crippen molar-refractivity contribution >= 4 is 58.6 Å². The van der Waals surface area contributed by atoms with E-state index in [0.29, 0.717) is 41.1 Å². The second-order valence-electron chi connectivity index (χ2n) is 17.4. The van der Waals surface area contributed by atoms with Crippen molar-refractivity contribution in [1.82, 2.24) is 34.9 Å². The van der Waals surface area contributed by atoms with Gasteiger partial charge in [-0.2, -0.15) is 0 Å². The lowest BCUT2D eigenvalue weighted by molar-refractivity contribution is -0.136. The lowest BCUT2D eigenvalue weighted by Gasteiger charge is -2.38. The Morgan fingerprint density at radius 2 is 1.59 bits per heavy atom. The van der Waals surface area contributed by atoms with E-state index in [-0.39, 0.29) is 30.6 Å². The number of imide groups is 2. The van der Waals surface area contributed by atoms with Crippen LogP contribution in [0.25, 0.3) is 0 Å². The molecule has 0 radical (unpaired) electrons. The Balaban J connectivity index is 0.754. The van der Waals surface area contributed by atoms with Crippen molar-refractivity contribution in [2.75, 3.05) is 81.1 Å². The number of anilines is 4. The molecule has 2 atom stereocenters. The molecule has 0 spiro atoms. The van der Waals surface area contributed by atoms with Crippen molar-refractivity contribution in [3.05, 3.63) is 71.0 Å². The average molecular weight is 832 g/mol. The third-order valence-electron chi connectivity index (χ3n) is 13.6. The summed E-state index contributed by atoms with van der Waals surface area (Å²) in [6.45, 7) is 7.70. The maximum absolute atomic E-state index is 13.4. The van der Waals surface area contributed by atoms with Gasteiger partial charge in [0.1, 0.15) is 11.9 Å². The number of carbonyl (C=O) groups excluding carboxylic acids is 6. The average Bonchev–Trinajstić information content (AvgIpc) is 3.73. The summed E-state index contributed by atoms with van der Waals surface area (Å²) >= 11 is 0. The number of likely N-dealkylation sites (N-methyl/N-ethyl adjacent to an activating group) is 1. The molecule has 7 heterocycles. The Morgan fingerprint density at radius 3 is 2.30 bits per heavy atom. The molecule has 4 N–H and O–H groups in total. The highest BCUT2D eigenvalue weighted by Crippen LogP contribution is 2.34. The van der Waals surface area contributed by atoms with Gasteiger partial charge in [0.25, 0.3) is 17.7 Å².